The lowest BCUT2D eigenvalue weighted by Crippen LogP contribution is -2.13. The van der Waals surface area contributed by atoms with E-state index in [2.05, 4.69) is 20.6 Å². The van der Waals surface area contributed by atoms with Crippen molar-refractivity contribution < 1.29 is 4.39 Å². The minimum atomic E-state index is -0.261. The molecule has 2 aromatic rings. The average molecular weight is 315 g/mol. The Morgan fingerprint density at radius 3 is 2.85 bits per heavy atom. The Bertz CT molecular complexity index is 607. The van der Waals surface area contributed by atoms with Gasteiger partial charge < -0.3 is 10.6 Å². The third-order valence-electron chi connectivity index (χ3n) is 2.59. The number of halogens is 3. The van der Waals surface area contributed by atoms with Gasteiger partial charge in [-0.1, -0.05) is 18.5 Å². The van der Waals surface area contributed by atoms with Crippen LogP contribution in [-0.4, -0.2) is 16.5 Å². The maximum absolute atomic E-state index is 13.6. The first kappa shape index (κ1) is 15.0. The van der Waals surface area contributed by atoms with Crippen LogP contribution in [0.2, 0.25) is 10.3 Å². The van der Waals surface area contributed by atoms with Gasteiger partial charge in [0.05, 0.1) is 6.20 Å². The predicted molar refractivity (Wildman–Crippen MR) is 79.1 cm³/mol. The molecule has 0 bridgehead atoms. The van der Waals surface area contributed by atoms with Gasteiger partial charge in [0.25, 0.3) is 0 Å². The highest BCUT2D eigenvalue weighted by atomic mass is 35.5. The number of hydrogen-bond donors (Lipinski definition) is 2. The van der Waals surface area contributed by atoms with E-state index >= 15 is 0 Å². The number of nitrogens with zero attached hydrogens (tertiary/aromatic N) is 2. The highest BCUT2D eigenvalue weighted by Gasteiger charge is 2.07. The van der Waals surface area contributed by atoms with E-state index in [4.69, 9.17) is 23.2 Å². The van der Waals surface area contributed by atoms with Crippen molar-refractivity contribution in [2.45, 2.75) is 13.5 Å². The van der Waals surface area contributed by atoms with Crippen molar-refractivity contribution in [3.8, 4) is 0 Å². The first-order chi connectivity index (χ1) is 9.60. The lowest BCUT2D eigenvalue weighted by molar-refractivity contribution is 0.594. The zero-order valence-corrected chi connectivity index (χ0v) is 12.3. The Kier molecular flexibility index (Phi) is 5.11. The fourth-order valence-corrected chi connectivity index (χ4v) is 1.89. The number of benzene rings is 1. The molecule has 0 unspecified atom stereocenters. The van der Waals surface area contributed by atoms with Gasteiger partial charge in [-0.25, -0.2) is 9.37 Å². The van der Waals surface area contributed by atoms with Crippen LogP contribution < -0.4 is 10.6 Å². The summed E-state index contributed by atoms with van der Waals surface area (Å²) in [5.41, 5.74) is 1.24. The van der Waals surface area contributed by atoms with E-state index in [9.17, 15) is 4.39 Å². The van der Waals surface area contributed by atoms with Gasteiger partial charge in [0.2, 0.25) is 5.28 Å². The summed E-state index contributed by atoms with van der Waals surface area (Å²) in [6.45, 7) is 3.18. The molecule has 4 nitrogen and oxygen atoms in total. The lowest BCUT2D eigenvalue weighted by Gasteiger charge is -2.10. The van der Waals surface area contributed by atoms with Crippen LogP contribution in [0.5, 0.6) is 0 Å². The third kappa shape index (κ3) is 3.79. The quantitative estimate of drug-likeness (QED) is 0.825. The molecular formula is C13H13Cl2FN4. The fourth-order valence-electron chi connectivity index (χ4n) is 1.62. The standard InChI is InChI=1S/C13H13Cl2FN4/c1-2-17-6-8-5-9(3-4-11(8)16)19-12-10(14)7-18-13(15)20-12/h3-5,7,17H,2,6H2,1H3,(H,18,19,20). The minimum absolute atomic E-state index is 0.0897. The molecule has 2 N–H and O–H groups in total. The number of hydrogen-bond acceptors (Lipinski definition) is 4. The van der Waals surface area contributed by atoms with Crippen molar-refractivity contribution in [2.24, 2.45) is 0 Å². The molecule has 0 radical (unpaired) electrons. The average Bonchev–Trinajstić information content (AvgIpc) is 2.43. The first-order valence-corrected chi connectivity index (χ1v) is 6.80. The van der Waals surface area contributed by atoms with Crippen molar-refractivity contribution in [1.82, 2.24) is 15.3 Å². The SMILES string of the molecule is CCNCc1cc(Nc2nc(Cl)ncc2Cl)ccc1F. The van der Waals surface area contributed by atoms with Crippen LogP contribution in [0.3, 0.4) is 0 Å². The molecule has 0 amide bonds. The second-order valence-electron chi connectivity index (χ2n) is 4.05. The molecule has 0 aliphatic carbocycles. The van der Waals surface area contributed by atoms with E-state index in [1.165, 1.54) is 12.3 Å². The van der Waals surface area contributed by atoms with Gasteiger partial charge in [-0.15, -0.1) is 0 Å². The van der Waals surface area contributed by atoms with Gasteiger partial charge in [0.15, 0.2) is 5.82 Å². The van der Waals surface area contributed by atoms with E-state index in [0.717, 1.165) is 6.54 Å². The van der Waals surface area contributed by atoms with Gasteiger partial charge >= 0.3 is 0 Å². The smallest absolute Gasteiger partial charge is 0.224 e. The Balaban J connectivity index is 2.22. The van der Waals surface area contributed by atoms with E-state index in [1.807, 2.05) is 6.92 Å². The molecule has 0 fully saturated rings. The molecule has 7 heteroatoms. The van der Waals surface area contributed by atoms with Crippen LogP contribution >= 0.6 is 23.2 Å². The van der Waals surface area contributed by atoms with Crippen LogP contribution in [0, 0.1) is 5.82 Å². The maximum Gasteiger partial charge on any atom is 0.224 e. The van der Waals surface area contributed by atoms with Crippen molar-refractivity contribution in [1.29, 1.82) is 0 Å². The highest BCUT2D eigenvalue weighted by Crippen LogP contribution is 2.24. The summed E-state index contributed by atoms with van der Waals surface area (Å²) in [6, 6.07) is 4.70. The minimum Gasteiger partial charge on any atom is -0.339 e. The van der Waals surface area contributed by atoms with Crippen LogP contribution in [0.1, 0.15) is 12.5 Å². The Labute approximate surface area is 126 Å². The fraction of sp³-hybridized carbons (Fsp3) is 0.231. The molecule has 0 atom stereocenters. The van der Waals surface area contributed by atoms with Gasteiger partial charge in [-0.2, -0.15) is 4.98 Å². The second kappa shape index (κ2) is 6.83. The van der Waals surface area contributed by atoms with Gasteiger partial charge in [-0.3, -0.25) is 0 Å². The molecule has 0 saturated heterocycles. The molecule has 1 aromatic heterocycles. The Morgan fingerprint density at radius 1 is 1.30 bits per heavy atom. The zero-order valence-electron chi connectivity index (χ0n) is 10.8. The van der Waals surface area contributed by atoms with Crippen molar-refractivity contribution in [3.05, 3.63) is 46.1 Å². The van der Waals surface area contributed by atoms with Crippen LogP contribution in [0.25, 0.3) is 0 Å². The number of rotatable bonds is 5. The van der Waals surface area contributed by atoms with Crippen molar-refractivity contribution >= 4 is 34.7 Å². The summed E-state index contributed by atoms with van der Waals surface area (Å²) in [5.74, 6) is 0.121. The highest BCUT2D eigenvalue weighted by molar-refractivity contribution is 6.33. The largest absolute Gasteiger partial charge is 0.339 e. The number of nitrogens with one attached hydrogen (secondary N) is 2. The molecule has 20 heavy (non-hydrogen) atoms. The Morgan fingerprint density at radius 2 is 2.10 bits per heavy atom. The molecular weight excluding hydrogens is 302 g/mol. The van der Waals surface area contributed by atoms with Crippen LogP contribution in [0.4, 0.5) is 15.9 Å². The molecule has 0 spiro atoms. The molecule has 1 heterocycles. The van der Waals surface area contributed by atoms with E-state index in [1.54, 1.807) is 12.1 Å². The number of aromatic nitrogens is 2. The van der Waals surface area contributed by atoms with Crippen LogP contribution in [0.15, 0.2) is 24.4 Å². The maximum atomic E-state index is 13.6. The molecule has 1 aromatic carbocycles. The summed E-state index contributed by atoms with van der Waals surface area (Å²) < 4.78 is 13.6. The summed E-state index contributed by atoms with van der Waals surface area (Å²) in [4.78, 5) is 7.75. The normalized spacial score (nSPS) is 10.6. The summed E-state index contributed by atoms with van der Waals surface area (Å²) in [7, 11) is 0. The zero-order chi connectivity index (χ0) is 14.5. The number of anilines is 2. The van der Waals surface area contributed by atoms with Gasteiger partial charge in [0.1, 0.15) is 10.8 Å². The van der Waals surface area contributed by atoms with Gasteiger partial charge in [0, 0.05) is 17.8 Å². The first-order valence-electron chi connectivity index (χ1n) is 6.04. The van der Waals surface area contributed by atoms with E-state index in [0.29, 0.717) is 28.6 Å². The molecule has 0 aliphatic rings. The molecule has 2 rings (SSSR count). The Hall–Kier alpha value is -1.43. The summed E-state index contributed by atoms with van der Waals surface area (Å²) >= 11 is 11.7. The van der Waals surface area contributed by atoms with Crippen molar-refractivity contribution in [2.75, 3.05) is 11.9 Å². The van der Waals surface area contributed by atoms with Crippen LogP contribution in [-0.2, 0) is 6.54 Å². The third-order valence-corrected chi connectivity index (χ3v) is 3.05. The molecule has 0 saturated carbocycles. The molecule has 0 aliphatic heterocycles. The summed E-state index contributed by atoms with van der Waals surface area (Å²) in [6.07, 6.45) is 1.41. The van der Waals surface area contributed by atoms with Crippen molar-refractivity contribution in [3.63, 3.8) is 0 Å². The van der Waals surface area contributed by atoms with E-state index in [-0.39, 0.29) is 11.1 Å². The predicted octanol–water partition coefficient (Wildman–Crippen LogP) is 3.78. The topological polar surface area (TPSA) is 49.8 Å². The summed E-state index contributed by atoms with van der Waals surface area (Å²) in [5, 5.41) is 6.50. The van der Waals surface area contributed by atoms with E-state index < -0.39 is 0 Å². The van der Waals surface area contributed by atoms with Gasteiger partial charge in [-0.05, 0) is 36.3 Å². The monoisotopic (exact) mass is 314 g/mol. The second-order valence-corrected chi connectivity index (χ2v) is 4.79. The molecule has 106 valence electrons. The lowest BCUT2D eigenvalue weighted by atomic mass is 10.2.